The third-order valence-corrected chi connectivity index (χ3v) is 1.83. The molecule has 0 spiro atoms. The van der Waals surface area contributed by atoms with E-state index < -0.39 is 5.97 Å². The number of hydrogen-bond donors (Lipinski definition) is 1. The van der Waals surface area contributed by atoms with Gasteiger partial charge in [0.15, 0.2) is 5.82 Å². The third kappa shape index (κ3) is 3.12. The minimum absolute atomic E-state index is 0.166. The molecule has 0 saturated carbocycles. The topological polar surface area (TPSA) is 80.9 Å². The van der Waals surface area contributed by atoms with Gasteiger partial charge in [-0.15, -0.1) is 5.10 Å². The monoisotopic (exact) mass is 198 g/mol. The fourth-order valence-corrected chi connectivity index (χ4v) is 1.19. The number of rotatable bonds is 6. The predicted molar refractivity (Wildman–Crippen MR) is 48.7 cm³/mol. The summed E-state index contributed by atoms with van der Waals surface area (Å²) < 4.78 is 1.72. The lowest BCUT2D eigenvalue weighted by Gasteiger charge is -2.00. The molecule has 1 N–H and O–H groups in total. The smallest absolute Gasteiger partial charge is 0.303 e. The molecule has 1 heterocycles. The molecule has 1 aromatic rings. The lowest BCUT2D eigenvalue weighted by molar-refractivity contribution is -0.137. The Bertz CT molecular complexity index is 297. The molecule has 0 unspecified atom stereocenters. The zero-order chi connectivity index (χ0) is 10.4. The van der Waals surface area contributed by atoms with E-state index in [9.17, 15) is 4.79 Å². The Morgan fingerprint density at radius 1 is 1.57 bits per heavy atom. The van der Waals surface area contributed by atoms with Gasteiger partial charge in [0.05, 0.1) is 0 Å². The molecule has 0 aliphatic carbocycles. The van der Waals surface area contributed by atoms with E-state index in [0.717, 1.165) is 18.8 Å². The first kappa shape index (κ1) is 10.6. The van der Waals surface area contributed by atoms with Gasteiger partial charge in [-0.3, -0.25) is 4.79 Å². The van der Waals surface area contributed by atoms with Gasteiger partial charge in [-0.25, -0.2) is 4.68 Å². The maximum absolute atomic E-state index is 10.3. The summed E-state index contributed by atoms with van der Waals surface area (Å²) in [6.07, 6.45) is 2.34. The van der Waals surface area contributed by atoms with Crippen molar-refractivity contribution in [3.63, 3.8) is 0 Å². The van der Waals surface area contributed by atoms with Gasteiger partial charge in [0.1, 0.15) is 0 Å². The molecule has 1 rings (SSSR count). The van der Waals surface area contributed by atoms with E-state index in [2.05, 4.69) is 15.5 Å². The van der Waals surface area contributed by atoms with Crippen LogP contribution < -0.4 is 0 Å². The molecule has 0 atom stereocenters. The second-order valence-corrected chi connectivity index (χ2v) is 3.07. The molecule has 0 bridgehead atoms. The Hall–Kier alpha value is -1.46. The van der Waals surface area contributed by atoms with Crippen molar-refractivity contribution in [1.29, 1.82) is 0 Å². The van der Waals surface area contributed by atoms with Crippen LogP contribution in [-0.4, -0.2) is 31.3 Å². The number of aryl methyl sites for hydroxylation is 2. The van der Waals surface area contributed by atoms with Gasteiger partial charge in [0.2, 0.25) is 0 Å². The Morgan fingerprint density at radius 2 is 2.36 bits per heavy atom. The molecule has 6 heteroatoms. The summed E-state index contributed by atoms with van der Waals surface area (Å²) in [4.78, 5) is 10.3. The molecule has 14 heavy (non-hydrogen) atoms. The SMILES string of the molecule is CCCn1nnnc1CCCC(=O)O. The Kier molecular flexibility index (Phi) is 4.03. The number of tetrazole rings is 1. The van der Waals surface area contributed by atoms with Crippen LogP contribution in [0.2, 0.25) is 0 Å². The molecular weight excluding hydrogens is 184 g/mol. The van der Waals surface area contributed by atoms with Gasteiger partial charge in [-0.2, -0.15) is 0 Å². The van der Waals surface area contributed by atoms with Crippen LogP contribution in [-0.2, 0) is 17.8 Å². The van der Waals surface area contributed by atoms with Crippen LogP contribution in [0.4, 0.5) is 0 Å². The number of hydrogen-bond acceptors (Lipinski definition) is 4. The van der Waals surface area contributed by atoms with Crippen LogP contribution in [0.3, 0.4) is 0 Å². The first-order valence-electron chi connectivity index (χ1n) is 4.71. The molecule has 0 aliphatic rings. The highest BCUT2D eigenvalue weighted by Gasteiger charge is 2.05. The number of aliphatic carboxylic acids is 1. The van der Waals surface area contributed by atoms with Crippen molar-refractivity contribution in [3.05, 3.63) is 5.82 Å². The van der Waals surface area contributed by atoms with Gasteiger partial charge in [-0.1, -0.05) is 6.92 Å². The molecule has 0 aliphatic heterocycles. The summed E-state index contributed by atoms with van der Waals surface area (Å²) >= 11 is 0. The van der Waals surface area contributed by atoms with Crippen LogP contribution in [0.15, 0.2) is 0 Å². The number of carboxylic acid groups (broad SMARTS) is 1. The van der Waals surface area contributed by atoms with Crippen LogP contribution in [0, 0.1) is 0 Å². The minimum Gasteiger partial charge on any atom is -0.481 e. The van der Waals surface area contributed by atoms with E-state index in [-0.39, 0.29) is 6.42 Å². The lowest BCUT2D eigenvalue weighted by atomic mass is 10.2. The second kappa shape index (κ2) is 5.31. The third-order valence-electron chi connectivity index (χ3n) is 1.83. The fourth-order valence-electron chi connectivity index (χ4n) is 1.19. The average molecular weight is 198 g/mol. The van der Waals surface area contributed by atoms with E-state index in [4.69, 9.17) is 5.11 Å². The normalized spacial score (nSPS) is 10.4. The van der Waals surface area contributed by atoms with Gasteiger partial charge in [0.25, 0.3) is 0 Å². The molecule has 1 aromatic heterocycles. The van der Waals surface area contributed by atoms with Crippen molar-refractivity contribution in [2.24, 2.45) is 0 Å². The largest absolute Gasteiger partial charge is 0.481 e. The van der Waals surface area contributed by atoms with Crippen LogP contribution in [0.1, 0.15) is 32.0 Å². The maximum Gasteiger partial charge on any atom is 0.303 e. The molecule has 6 nitrogen and oxygen atoms in total. The Balaban J connectivity index is 2.41. The highest BCUT2D eigenvalue weighted by molar-refractivity contribution is 5.66. The second-order valence-electron chi connectivity index (χ2n) is 3.07. The summed E-state index contributed by atoms with van der Waals surface area (Å²) in [6, 6.07) is 0. The Labute approximate surface area is 81.9 Å². The number of aromatic nitrogens is 4. The van der Waals surface area contributed by atoms with E-state index in [0.29, 0.717) is 12.8 Å². The summed E-state index contributed by atoms with van der Waals surface area (Å²) in [5, 5.41) is 19.7. The van der Waals surface area contributed by atoms with Crippen molar-refractivity contribution >= 4 is 5.97 Å². The van der Waals surface area contributed by atoms with Gasteiger partial charge in [0, 0.05) is 19.4 Å². The number of carbonyl (C=O) groups is 1. The molecular formula is C8H14N4O2. The van der Waals surface area contributed by atoms with E-state index in [1.807, 2.05) is 6.92 Å². The van der Waals surface area contributed by atoms with Crippen molar-refractivity contribution in [1.82, 2.24) is 20.2 Å². The highest BCUT2D eigenvalue weighted by Crippen LogP contribution is 2.01. The quantitative estimate of drug-likeness (QED) is 0.719. The average Bonchev–Trinajstić information content (AvgIpc) is 2.53. The first-order chi connectivity index (χ1) is 6.74. The highest BCUT2D eigenvalue weighted by atomic mass is 16.4. The minimum atomic E-state index is -0.778. The van der Waals surface area contributed by atoms with Gasteiger partial charge < -0.3 is 5.11 Å². The summed E-state index contributed by atoms with van der Waals surface area (Å²) in [7, 11) is 0. The lowest BCUT2D eigenvalue weighted by Crippen LogP contribution is -2.06. The number of carboxylic acids is 1. The zero-order valence-corrected chi connectivity index (χ0v) is 8.18. The van der Waals surface area contributed by atoms with E-state index in [1.54, 1.807) is 4.68 Å². The summed E-state index contributed by atoms with van der Waals surface area (Å²) in [6.45, 7) is 2.83. The number of nitrogens with zero attached hydrogens (tertiary/aromatic N) is 4. The predicted octanol–water partition coefficient (Wildman–Crippen LogP) is 0.490. The van der Waals surface area contributed by atoms with Gasteiger partial charge >= 0.3 is 5.97 Å². The van der Waals surface area contributed by atoms with Crippen molar-refractivity contribution < 1.29 is 9.90 Å². The molecule has 0 amide bonds. The standard InChI is InChI=1S/C8H14N4O2/c1-2-6-12-7(9-10-11-12)4-3-5-8(13)14/h2-6H2,1H3,(H,13,14). The first-order valence-corrected chi connectivity index (χ1v) is 4.71. The molecule has 0 saturated heterocycles. The maximum atomic E-state index is 10.3. The summed E-state index contributed by atoms with van der Waals surface area (Å²) in [5.74, 6) is -0.00684. The molecule has 0 aromatic carbocycles. The molecule has 78 valence electrons. The summed E-state index contributed by atoms with van der Waals surface area (Å²) in [5.41, 5.74) is 0. The van der Waals surface area contributed by atoms with Crippen LogP contribution in [0.5, 0.6) is 0 Å². The molecule has 0 radical (unpaired) electrons. The van der Waals surface area contributed by atoms with Gasteiger partial charge in [-0.05, 0) is 23.3 Å². The van der Waals surface area contributed by atoms with Crippen molar-refractivity contribution in [2.45, 2.75) is 39.2 Å². The van der Waals surface area contributed by atoms with Crippen LogP contribution in [0.25, 0.3) is 0 Å². The van der Waals surface area contributed by atoms with E-state index in [1.165, 1.54) is 0 Å². The van der Waals surface area contributed by atoms with Crippen molar-refractivity contribution in [3.8, 4) is 0 Å². The zero-order valence-electron chi connectivity index (χ0n) is 8.18. The van der Waals surface area contributed by atoms with Crippen LogP contribution >= 0.6 is 0 Å². The molecule has 0 fully saturated rings. The Morgan fingerprint density at radius 3 is 3.00 bits per heavy atom. The van der Waals surface area contributed by atoms with Crippen molar-refractivity contribution in [2.75, 3.05) is 0 Å². The van der Waals surface area contributed by atoms with E-state index >= 15 is 0 Å². The fraction of sp³-hybridized carbons (Fsp3) is 0.750.